The number of hydrogen-bond acceptors (Lipinski definition) is 4. The Morgan fingerprint density at radius 3 is 1.81 bits per heavy atom. The van der Waals surface area contributed by atoms with E-state index < -0.39 is 9.84 Å². The highest BCUT2D eigenvalue weighted by molar-refractivity contribution is 7.91. The van der Waals surface area contributed by atoms with Crippen molar-refractivity contribution in [1.29, 1.82) is 0 Å². The SMILES string of the molecule is Cn1c(=O)n2n(c1=O)[C@@H]1[C@H]3[C@@H]4[C@@H]5[C@H]3[C@]13CS(=O)(=O)C[C@@]53[C@H]42. The zero-order valence-electron chi connectivity index (χ0n) is 11.3. The molecule has 3 aliphatic heterocycles. The maximum Gasteiger partial charge on any atom is 0.347 e. The van der Waals surface area contributed by atoms with E-state index in [1.807, 2.05) is 0 Å². The van der Waals surface area contributed by atoms with Gasteiger partial charge in [-0.05, 0) is 23.7 Å². The first-order valence-corrected chi connectivity index (χ1v) is 9.31. The van der Waals surface area contributed by atoms with Crippen molar-refractivity contribution in [2.24, 2.45) is 41.5 Å². The zero-order chi connectivity index (χ0) is 14.3. The van der Waals surface area contributed by atoms with Crippen LogP contribution < -0.4 is 11.4 Å². The summed E-state index contributed by atoms with van der Waals surface area (Å²) in [7, 11) is -1.52. The topological polar surface area (TPSA) is 83.1 Å². The molecule has 110 valence electrons. The number of aromatic nitrogens is 3. The number of nitrogens with zero attached hydrogens (tertiary/aromatic N) is 3. The van der Waals surface area contributed by atoms with Crippen LogP contribution >= 0.6 is 0 Å². The molecule has 0 unspecified atom stereocenters. The van der Waals surface area contributed by atoms with Crippen LogP contribution in [0.2, 0.25) is 0 Å². The van der Waals surface area contributed by atoms with Gasteiger partial charge in [0.2, 0.25) is 0 Å². The summed E-state index contributed by atoms with van der Waals surface area (Å²) in [6.07, 6.45) is 0. The maximum atomic E-state index is 12.4. The van der Waals surface area contributed by atoms with Crippen LogP contribution in [-0.2, 0) is 16.9 Å². The van der Waals surface area contributed by atoms with E-state index in [1.54, 1.807) is 9.36 Å². The van der Waals surface area contributed by atoms with E-state index in [0.717, 1.165) is 0 Å². The Labute approximate surface area is 119 Å². The Kier molecular flexibility index (Phi) is 1.09. The normalized spacial score (nSPS) is 60.8. The van der Waals surface area contributed by atoms with E-state index in [-0.39, 0.29) is 45.8 Å². The summed E-state index contributed by atoms with van der Waals surface area (Å²) in [6.45, 7) is 0. The van der Waals surface area contributed by atoms with Crippen molar-refractivity contribution in [3.8, 4) is 0 Å². The Bertz CT molecular complexity index is 957. The highest BCUT2D eigenvalue weighted by atomic mass is 32.2. The molecule has 7 aliphatic rings. The number of rotatable bonds is 0. The zero-order valence-corrected chi connectivity index (χ0v) is 12.1. The molecule has 8 heteroatoms. The van der Waals surface area contributed by atoms with Crippen LogP contribution in [0.3, 0.4) is 0 Å². The highest BCUT2D eigenvalue weighted by Crippen LogP contribution is 3.03. The summed E-state index contributed by atoms with van der Waals surface area (Å²) < 4.78 is 29.1. The van der Waals surface area contributed by atoms with Crippen molar-refractivity contribution in [1.82, 2.24) is 13.9 Å². The fourth-order valence-corrected chi connectivity index (χ4v) is 10.9. The molecule has 4 saturated carbocycles. The van der Waals surface area contributed by atoms with Crippen molar-refractivity contribution < 1.29 is 8.42 Å². The molecule has 4 heterocycles. The third-order valence-electron chi connectivity index (χ3n) is 8.14. The molecule has 4 aliphatic carbocycles. The molecule has 2 spiro atoms. The Balaban J connectivity index is 1.66. The lowest BCUT2D eigenvalue weighted by molar-refractivity contribution is -0.533. The summed E-state index contributed by atoms with van der Waals surface area (Å²) in [6, 6.07) is -0.0812. The average Bonchev–Trinajstić information content (AvgIpc) is 2.76. The van der Waals surface area contributed by atoms with Crippen molar-refractivity contribution in [3.05, 3.63) is 21.0 Å². The molecular weight excluding hydrogens is 294 g/mol. The second kappa shape index (κ2) is 2.19. The van der Waals surface area contributed by atoms with Crippen LogP contribution in [0.4, 0.5) is 0 Å². The van der Waals surface area contributed by atoms with E-state index in [1.165, 1.54) is 11.6 Å². The lowest BCUT2D eigenvalue weighted by atomic mass is 9.06. The Morgan fingerprint density at radius 2 is 1.38 bits per heavy atom. The van der Waals surface area contributed by atoms with Crippen LogP contribution in [0.25, 0.3) is 0 Å². The van der Waals surface area contributed by atoms with Crippen molar-refractivity contribution in [2.75, 3.05) is 11.5 Å². The molecule has 21 heavy (non-hydrogen) atoms. The van der Waals surface area contributed by atoms with E-state index in [2.05, 4.69) is 0 Å². The van der Waals surface area contributed by atoms with Gasteiger partial charge in [-0.15, -0.1) is 0 Å². The van der Waals surface area contributed by atoms with Gasteiger partial charge in [0.05, 0.1) is 23.6 Å². The molecule has 5 fully saturated rings. The number of sulfone groups is 1. The summed E-state index contributed by atoms with van der Waals surface area (Å²) in [5, 5.41) is 0. The molecule has 0 N–H and O–H groups in total. The van der Waals surface area contributed by atoms with Crippen LogP contribution in [0.15, 0.2) is 9.59 Å². The van der Waals surface area contributed by atoms with Gasteiger partial charge in [0.15, 0.2) is 9.84 Å². The largest absolute Gasteiger partial charge is 0.347 e. The first-order chi connectivity index (χ1) is 9.88. The molecule has 1 saturated heterocycles. The fraction of sp³-hybridized carbons (Fsp3) is 0.846. The van der Waals surface area contributed by atoms with Gasteiger partial charge < -0.3 is 0 Å². The average molecular weight is 307 g/mol. The second-order valence-corrected chi connectivity index (χ2v) is 10.1. The minimum Gasteiger partial charge on any atom is -0.246 e. The summed E-state index contributed by atoms with van der Waals surface area (Å²) in [4.78, 5) is 24.8. The molecule has 0 aromatic carbocycles. The molecule has 0 amide bonds. The minimum atomic E-state index is -3.04. The number of hydrogen-bond donors (Lipinski definition) is 0. The molecule has 1 aromatic rings. The van der Waals surface area contributed by atoms with Gasteiger partial charge in [0.1, 0.15) is 0 Å². The molecule has 1 aromatic heterocycles. The van der Waals surface area contributed by atoms with Crippen LogP contribution in [0, 0.1) is 34.5 Å². The maximum absolute atomic E-state index is 12.4. The van der Waals surface area contributed by atoms with E-state index in [9.17, 15) is 18.0 Å². The van der Waals surface area contributed by atoms with Crippen molar-refractivity contribution in [3.63, 3.8) is 0 Å². The molecular formula is C13H13N3O4S. The van der Waals surface area contributed by atoms with Crippen LogP contribution in [0.5, 0.6) is 0 Å². The third kappa shape index (κ3) is 0.569. The Morgan fingerprint density at radius 1 is 0.952 bits per heavy atom. The molecule has 2 bridgehead atoms. The van der Waals surface area contributed by atoms with Crippen molar-refractivity contribution in [2.45, 2.75) is 12.1 Å². The smallest absolute Gasteiger partial charge is 0.246 e. The quantitative estimate of drug-likeness (QED) is 0.576. The van der Waals surface area contributed by atoms with Gasteiger partial charge in [-0.1, -0.05) is 0 Å². The van der Waals surface area contributed by atoms with Crippen LogP contribution in [0.1, 0.15) is 12.1 Å². The summed E-state index contributed by atoms with van der Waals surface area (Å²) >= 11 is 0. The molecule has 7 nitrogen and oxygen atoms in total. The lowest BCUT2D eigenvalue weighted by Crippen LogP contribution is -3.00. The van der Waals surface area contributed by atoms with Crippen molar-refractivity contribution >= 4 is 9.84 Å². The lowest BCUT2D eigenvalue weighted by Gasteiger charge is -2.99. The highest BCUT2D eigenvalue weighted by Gasteiger charge is 3.05. The Hall–Kier alpha value is -1.31. The molecule has 8 atom stereocenters. The minimum absolute atomic E-state index is 0.0406. The fourth-order valence-electron chi connectivity index (χ4n) is 8.13. The monoisotopic (exact) mass is 307 g/mol. The standard InChI is InChI=1S/C13H13N3O4S/c1-14-10(17)15-8-4-5-7-6(4)12(8)2-21(19,20)3-13(7,12)9(5)16(15)11(14)18/h4-9H,2-3H2,1H3/t4-,5+,6-,7+,8+,9-,12+,13-. The first-order valence-electron chi connectivity index (χ1n) is 7.49. The van der Waals surface area contributed by atoms with Gasteiger partial charge in [-0.2, -0.15) is 0 Å². The van der Waals surface area contributed by atoms with Gasteiger partial charge >= 0.3 is 11.4 Å². The first kappa shape index (κ1) is 10.4. The summed E-state index contributed by atoms with van der Waals surface area (Å²) in [5.74, 6) is 2.40. The van der Waals surface area contributed by atoms with Gasteiger partial charge in [-0.25, -0.2) is 31.9 Å². The van der Waals surface area contributed by atoms with E-state index in [0.29, 0.717) is 23.7 Å². The van der Waals surface area contributed by atoms with Gasteiger partial charge in [0.25, 0.3) is 0 Å². The van der Waals surface area contributed by atoms with E-state index >= 15 is 0 Å². The molecule has 0 radical (unpaired) electrons. The summed E-state index contributed by atoms with van der Waals surface area (Å²) in [5.41, 5.74) is -0.958. The predicted molar refractivity (Wildman–Crippen MR) is 69.5 cm³/mol. The predicted octanol–water partition coefficient (Wildman–Crippen LogP) is -1.64. The third-order valence-corrected chi connectivity index (χ3v) is 9.98. The second-order valence-electron chi connectivity index (χ2n) is 8.02. The van der Waals surface area contributed by atoms with E-state index in [4.69, 9.17) is 0 Å². The van der Waals surface area contributed by atoms with Crippen LogP contribution in [-0.4, -0.2) is 33.9 Å². The molecule has 8 rings (SSSR count). The van der Waals surface area contributed by atoms with Gasteiger partial charge in [-0.3, -0.25) is 0 Å². The van der Waals surface area contributed by atoms with Gasteiger partial charge in [0, 0.05) is 17.9 Å².